The maximum atomic E-state index is 11.9. The normalized spacial score (nSPS) is 12.5. The Bertz CT molecular complexity index is 1470. The molecule has 0 heterocycles. The van der Waals surface area contributed by atoms with Crippen molar-refractivity contribution in [2.24, 2.45) is 10.2 Å². The van der Waals surface area contributed by atoms with E-state index in [4.69, 9.17) is 5.73 Å². The number of phenols is 1. The van der Waals surface area contributed by atoms with Crippen LogP contribution in [0.4, 0.5) is 22.7 Å². The highest BCUT2D eigenvalue weighted by Gasteiger charge is 2.27. The summed E-state index contributed by atoms with van der Waals surface area (Å²) in [6.07, 6.45) is 0. The minimum absolute atomic E-state index is 0.0438. The Labute approximate surface area is 174 Å². The van der Waals surface area contributed by atoms with E-state index in [0.29, 0.717) is 6.07 Å². The van der Waals surface area contributed by atoms with Crippen LogP contribution in [0.3, 0.4) is 0 Å². The van der Waals surface area contributed by atoms with Crippen molar-refractivity contribution in [1.29, 1.82) is 0 Å². The first-order valence-electron chi connectivity index (χ1n) is 8.00. The Morgan fingerprint density at radius 2 is 1.52 bits per heavy atom. The van der Waals surface area contributed by atoms with E-state index in [9.17, 15) is 41.2 Å². The Morgan fingerprint density at radius 3 is 2.03 bits per heavy atom. The summed E-state index contributed by atoms with van der Waals surface area (Å²) in [6, 6.07) is 7.48. The maximum absolute atomic E-state index is 11.9. The van der Waals surface area contributed by atoms with Crippen LogP contribution < -0.4 is 5.73 Å². The molecule has 3 aromatic rings. The molecule has 3 rings (SSSR count). The lowest BCUT2D eigenvalue weighted by atomic mass is 10.1. The number of rotatable bonds is 5. The molecule has 0 radical (unpaired) electrons. The number of non-ortho nitro benzene ring substituents is 1. The molecule has 0 fully saturated rings. The van der Waals surface area contributed by atoms with E-state index in [1.165, 1.54) is 12.1 Å². The van der Waals surface area contributed by atoms with Crippen LogP contribution in [0.25, 0.3) is 10.8 Å². The molecular weight excluding hydrogens is 456 g/mol. The average molecular weight is 468 g/mol. The minimum Gasteiger partial charge on any atom is -0.505 e. The van der Waals surface area contributed by atoms with E-state index < -0.39 is 57.5 Å². The van der Waals surface area contributed by atoms with Gasteiger partial charge in [-0.05, 0) is 30.3 Å². The molecule has 0 bridgehead atoms. The number of nitro groups is 1. The van der Waals surface area contributed by atoms with Gasteiger partial charge in [-0.15, -0.1) is 5.11 Å². The van der Waals surface area contributed by atoms with Crippen LogP contribution in [0.1, 0.15) is 0 Å². The van der Waals surface area contributed by atoms with Crippen molar-refractivity contribution in [3.8, 4) is 5.75 Å². The van der Waals surface area contributed by atoms with Crippen LogP contribution in [-0.2, 0) is 20.2 Å². The van der Waals surface area contributed by atoms with Crippen LogP contribution in [0.5, 0.6) is 5.75 Å². The number of hydrogen-bond acceptors (Lipinski definition) is 10. The maximum Gasteiger partial charge on any atom is 0.297 e. The molecule has 13 nitrogen and oxygen atoms in total. The molecule has 0 aliphatic heterocycles. The zero-order valence-corrected chi connectivity index (χ0v) is 16.7. The van der Waals surface area contributed by atoms with E-state index in [0.717, 1.165) is 24.3 Å². The van der Waals surface area contributed by atoms with Gasteiger partial charge in [-0.2, -0.15) is 21.9 Å². The quantitative estimate of drug-likeness (QED) is 0.141. The van der Waals surface area contributed by atoms with Gasteiger partial charge in [0.25, 0.3) is 25.9 Å². The van der Waals surface area contributed by atoms with Gasteiger partial charge in [0.1, 0.15) is 15.5 Å². The van der Waals surface area contributed by atoms with Gasteiger partial charge in [0.2, 0.25) is 0 Å². The molecule has 31 heavy (non-hydrogen) atoms. The zero-order valence-electron chi connectivity index (χ0n) is 15.1. The van der Waals surface area contributed by atoms with Crippen LogP contribution in [0.15, 0.2) is 62.5 Å². The molecular formula is C16H12N4O9S2. The van der Waals surface area contributed by atoms with Crippen molar-refractivity contribution in [2.75, 3.05) is 5.73 Å². The number of nitrogens with two attached hydrogens (primary N) is 1. The van der Waals surface area contributed by atoms with Crippen molar-refractivity contribution >= 4 is 53.8 Å². The second-order valence-corrected chi connectivity index (χ2v) is 8.82. The Hall–Kier alpha value is -3.66. The van der Waals surface area contributed by atoms with E-state index in [1.54, 1.807) is 0 Å². The second-order valence-electron chi connectivity index (χ2n) is 6.07. The molecule has 5 N–H and O–H groups in total. The number of anilines is 1. The summed E-state index contributed by atoms with van der Waals surface area (Å²) < 4.78 is 66.1. The molecule has 0 unspecified atom stereocenters. The van der Waals surface area contributed by atoms with Gasteiger partial charge in [0.05, 0.1) is 16.3 Å². The zero-order chi connectivity index (χ0) is 23.1. The number of hydrogen-bond donors (Lipinski definition) is 4. The average Bonchev–Trinajstić information content (AvgIpc) is 2.65. The third kappa shape index (κ3) is 4.29. The highest BCUT2D eigenvalue weighted by molar-refractivity contribution is 7.86. The van der Waals surface area contributed by atoms with Crippen molar-refractivity contribution < 1.29 is 36.0 Å². The van der Waals surface area contributed by atoms with Crippen molar-refractivity contribution in [2.45, 2.75) is 9.79 Å². The fourth-order valence-electron chi connectivity index (χ4n) is 2.74. The van der Waals surface area contributed by atoms with Crippen LogP contribution in [-0.4, -0.2) is 36.0 Å². The number of azo groups is 1. The largest absolute Gasteiger partial charge is 0.505 e. The predicted octanol–water partition coefficient (Wildman–Crippen LogP) is 2.94. The molecule has 162 valence electrons. The van der Waals surface area contributed by atoms with Crippen LogP contribution in [0.2, 0.25) is 0 Å². The minimum atomic E-state index is -5.07. The number of fused-ring (bicyclic) bond motifs is 1. The number of nitrogens with zero attached hydrogens (tertiary/aromatic N) is 3. The summed E-state index contributed by atoms with van der Waals surface area (Å²) in [7, 11) is -10.0. The van der Waals surface area contributed by atoms with Crippen LogP contribution >= 0.6 is 0 Å². The SMILES string of the molecule is Nc1ccc2c(O)c(N=Nc3ccc([N+](=O)[O-])cc3)c(S(=O)(=O)O)cc2c1S(=O)(=O)O. The number of aromatic hydroxyl groups is 1. The lowest BCUT2D eigenvalue weighted by Crippen LogP contribution is -2.06. The number of nitrogen functional groups attached to an aromatic ring is 1. The summed E-state index contributed by atoms with van der Waals surface area (Å²) in [6.45, 7) is 0. The first-order chi connectivity index (χ1) is 14.3. The van der Waals surface area contributed by atoms with Gasteiger partial charge < -0.3 is 10.8 Å². The molecule has 0 amide bonds. The topological polar surface area (TPSA) is 223 Å². The van der Waals surface area contributed by atoms with E-state index >= 15 is 0 Å². The van der Waals surface area contributed by atoms with Crippen molar-refractivity contribution in [3.05, 3.63) is 52.6 Å². The molecule has 0 saturated carbocycles. The molecule has 0 aromatic heterocycles. The van der Waals surface area contributed by atoms with E-state index in [2.05, 4.69) is 10.2 Å². The Kier molecular flexibility index (Phi) is 5.36. The van der Waals surface area contributed by atoms with Crippen molar-refractivity contribution in [1.82, 2.24) is 0 Å². The first-order valence-corrected chi connectivity index (χ1v) is 10.9. The lowest BCUT2D eigenvalue weighted by molar-refractivity contribution is -0.384. The van der Waals surface area contributed by atoms with Gasteiger partial charge in [0, 0.05) is 22.9 Å². The van der Waals surface area contributed by atoms with Gasteiger partial charge in [-0.3, -0.25) is 19.2 Å². The monoisotopic (exact) mass is 468 g/mol. The molecule has 0 spiro atoms. The lowest BCUT2D eigenvalue weighted by Gasteiger charge is -2.12. The summed E-state index contributed by atoms with van der Waals surface area (Å²) in [5.41, 5.74) is 4.20. The summed E-state index contributed by atoms with van der Waals surface area (Å²) in [4.78, 5) is 8.16. The molecule has 0 saturated heterocycles. The predicted molar refractivity (Wildman–Crippen MR) is 107 cm³/mol. The van der Waals surface area contributed by atoms with Crippen LogP contribution in [0, 0.1) is 10.1 Å². The third-order valence-electron chi connectivity index (χ3n) is 4.08. The number of phenolic OH excluding ortho intramolecular Hbond substituents is 1. The number of benzene rings is 3. The van der Waals surface area contributed by atoms with Gasteiger partial charge in [-0.1, -0.05) is 0 Å². The molecule has 0 atom stereocenters. The molecule has 0 aliphatic carbocycles. The highest BCUT2D eigenvalue weighted by atomic mass is 32.2. The first kappa shape index (κ1) is 22.0. The van der Waals surface area contributed by atoms with E-state index in [-0.39, 0.29) is 16.8 Å². The Morgan fingerprint density at radius 1 is 0.903 bits per heavy atom. The van der Waals surface area contributed by atoms with Crippen molar-refractivity contribution in [3.63, 3.8) is 0 Å². The van der Waals surface area contributed by atoms with Gasteiger partial charge >= 0.3 is 0 Å². The molecule has 0 aliphatic rings. The summed E-state index contributed by atoms with van der Waals surface area (Å²) in [5, 5.41) is 27.8. The fourth-order valence-corrected chi connectivity index (χ4v) is 4.20. The van der Waals surface area contributed by atoms with Gasteiger partial charge in [0.15, 0.2) is 5.75 Å². The Balaban J connectivity index is 2.30. The smallest absolute Gasteiger partial charge is 0.297 e. The standard InChI is InChI=1S/C16H12N4O9S2/c17-12-6-5-10-11(16(12)31(27,28)29)7-13(30(24,25)26)14(15(10)21)19-18-8-1-3-9(4-2-8)20(22)23/h1-7,21H,17H2,(H,24,25,26)(H,27,28,29). The van der Waals surface area contributed by atoms with Gasteiger partial charge in [-0.25, -0.2) is 0 Å². The molecule has 15 heteroatoms. The molecule has 3 aromatic carbocycles. The third-order valence-corrected chi connectivity index (χ3v) is 5.92. The summed E-state index contributed by atoms with van der Waals surface area (Å²) >= 11 is 0. The highest BCUT2D eigenvalue weighted by Crippen LogP contribution is 2.44. The van der Waals surface area contributed by atoms with E-state index in [1.807, 2.05) is 0 Å². The second kappa shape index (κ2) is 7.55. The number of nitro benzene ring substituents is 1. The summed E-state index contributed by atoms with van der Waals surface area (Å²) in [5.74, 6) is -0.874. The fraction of sp³-hybridized carbons (Fsp3) is 0.